The van der Waals surface area contributed by atoms with Gasteiger partial charge in [0.05, 0.1) is 34.7 Å². The minimum Gasteiger partial charge on any atom is -0.459 e. The number of benzene rings is 2. The first-order valence-corrected chi connectivity index (χ1v) is 13.0. The van der Waals surface area contributed by atoms with Crippen molar-refractivity contribution < 1.29 is 14.3 Å². The number of carbonyl (C=O) groups excluding carboxylic acids is 2. The third-order valence-electron chi connectivity index (χ3n) is 6.21. The van der Waals surface area contributed by atoms with Gasteiger partial charge < -0.3 is 9.64 Å². The summed E-state index contributed by atoms with van der Waals surface area (Å²) < 4.78 is 7.28. The predicted molar refractivity (Wildman–Crippen MR) is 144 cm³/mol. The van der Waals surface area contributed by atoms with Gasteiger partial charge in [-0.15, -0.1) is 6.58 Å². The van der Waals surface area contributed by atoms with E-state index in [1.165, 1.54) is 4.57 Å². The van der Waals surface area contributed by atoms with E-state index in [-0.39, 0.29) is 22.1 Å². The van der Waals surface area contributed by atoms with Crippen LogP contribution in [0, 0.1) is 0 Å². The Hall–Kier alpha value is -3.75. The Morgan fingerprint density at radius 3 is 2.57 bits per heavy atom. The largest absolute Gasteiger partial charge is 0.459 e. The average molecular weight is 534 g/mol. The van der Waals surface area contributed by atoms with Crippen molar-refractivity contribution in [1.29, 1.82) is 0 Å². The summed E-state index contributed by atoms with van der Waals surface area (Å²) in [7, 11) is 0. The van der Waals surface area contributed by atoms with Crippen molar-refractivity contribution in [3.63, 3.8) is 0 Å². The van der Waals surface area contributed by atoms with Gasteiger partial charge >= 0.3 is 5.97 Å². The molecule has 7 nitrogen and oxygen atoms in total. The lowest BCUT2D eigenvalue weighted by atomic mass is 9.96. The van der Waals surface area contributed by atoms with E-state index in [9.17, 15) is 14.4 Å². The Kier molecular flexibility index (Phi) is 6.47. The van der Waals surface area contributed by atoms with Crippen molar-refractivity contribution in [3.8, 4) is 0 Å². The summed E-state index contributed by atoms with van der Waals surface area (Å²) >= 11 is 7.27. The van der Waals surface area contributed by atoms with Gasteiger partial charge in [0.2, 0.25) is 0 Å². The molecule has 1 amide bonds. The quantitative estimate of drug-likeness (QED) is 0.369. The number of esters is 1. The van der Waals surface area contributed by atoms with Crippen molar-refractivity contribution >= 4 is 46.1 Å². The molecule has 0 N–H and O–H groups in total. The minimum absolute atomic E-state index is 0.270. The van der Waals surface area contributed by atoms with Gasteiger partial charge in [0, 0.05) is 17.1 Å². The molecule has 0 aliphatic carbocycles. The molecule has 0 fully saturated rings. The van der Waals surface area contributed by atoms with Crippen molar-refractivity contribution in [2.24, 2.45) is 4.99 Å². The second kappa shape index (κ2) is 9.61. The summed E-state index contributed by atoms with van der Waals surface area (Å²) in [4.78, 5) is 47.5. The molecule has 37 heavy (non-hydrogen) atoms. The fraction of sp³-hybridized carbons (Fsp3) is 0.214. The van der Waals surface area contributed by atoms with Crippen LogP contribution in [-0.2, 0) is 14.3 Å². The summed E-state index contributed by atoms with van der Waals surface area (Å²) in [5.41, 5.74) is 2.73. The standard InChI is InChI=1S/C28H24ClN3O4S/c1-5-14-31-20-9-7-6-8-19(20)22(25(31)33)24-26(34)32-23(17-10-12-18(29)13-11-17)21(27(35)36-15(2)3)16(4)30-28(32)37-24/h5-13,15,23H,1,14H2,2-4H3/b24-22+/t23-/m1/s1. The Morgan fingerprint density at radius 1 is 1.19 bits per heavy atom. The maximum atomic E-state index is 14.1. The number of allylic oxidation sites excluding steroid dienone is 1. The zero-order chi connectivity index (χ0) is 26.4. The zero-order valence-electron chi connectivity index (χ0n) is 20.5. The van der Waals surface area contributed by atoms with E-state index in [1.54, 1.807) is 56.0 Å². The lowest BCUT2D eigenvalue weighted by Crippen LogP contribution is -2.41. The molecule has 1 aromatic heterocycles. The summed E-state index contributed by atoms with van der Waals surface area (Å²) in [5, 5.41) is 0.529. The van der Waals surface area contributed by atoms with Crippen LogP contribution in [0.3, 0.4) is 0 Å². The summed E-state index contributed by atoms with van der Waals surface area (Å²) in [5.74, 6) is -0.821. The van der Waals surface area contributed by atoms with E-state index < -0.39 is 17.6 Å². The van der Waals surface area contributed by atoms with E-state index in [0.29, 0.717) is 38.8 Å². The fourth-order valence-corrected chi connectivity index (χ4v) is 5.94. The van der Waals surface area contributed by atoms with E-state index in [0.717, 1.165) is 17.0 Å². The number of rotatable bonds is 5. The van der Waals surface area contributed by atoms with Crippen LogP contribution in [0.5, 0.6) is 0 Å². The molecule has 3 heterocycles. The van der Waals surface area contributed by atoms with Gasteiger partial charge in [0.25, 0.3) is 11.5 Å². The third kappa shape index (κ3) is 4.16. The van der Waals surface area contributed by atoms with Gasteiger partial charge in [-0.25, -0.2) is 9.79 Å². The number of halogens is 1. The van der Waals surface area contributed by atoms with Crippen molar-refractivity contribution in [2.75, 3.05) is 11.4 Å². The molecule has 3 aromatic rings. The van der Waals surface area contributed by atoms with E-state index in [1.807, 2.05) is 24.3 Å². The molecule has 1 atom stereocenters. The molecule has 0 radical (unpaired) electrons. The Bertz CT molecular complexity index is 1660. The van der Waals surface area contributed by atoms with Crippen LogP contribution < -0.4 is 19.8 Å². The van der Waals surface area contributed by atoms with Crippen LogP contribution in [-0.4, -0.2) is 29.1 Å². The average Bonchev–Trinajstić information content (AvgIpc) is 3.31. The van der Waals surface area contributed by atoms with Crippen LogP contribution in [0.15, 0.2) is 82.2 Å². The van der Waals surface area contributed by atoms with E-state index in [2.05, 4.69) is 11.6 Å². The van der Waals surface area contributed by atoms with Gasteiger partial charge in [0.1, 0.15) is 4.53 Å². The van der Waals surface area contributed by atoms with Crippen LogP contribution in [0.2, 0.25) is 5.02 Å². The zero-order valence-corrected chi connectivity index (χ0v) is 22.1. The lowest BCUT2D eigenvalue weighted by Gasteiger charge is -2.25. The number of anilines is 1. The van der Waals surface area contributed by atoms with E-state index >= 15 is 0 Å². The summed E-state index contributed by atoms with van der Waals surface area (Å²) in [6.07, 6.45) is 1.30. The topological polar surface area (TPSA) is 81.0 Å². The normalized spacial score (nSPS) is 18.0. The Balaban J connectivity index is 1.80. The third-order valence-corrected chi connectivity index (χ3v) is 7.51. The molecule has 0 spiro atoms. The van der Waals surface area contributed by atoms with Crippen LogP contribution >= 0.6 is 22.9 Å². The summed E-state index contributed by atoms with van der Waals surface area (Å²) in [6, 6.07) is 13.5. The maximum absolute atomic E-state index is 14.1. The molecule has 2 aromatic carbocycles. The molecule has 0 saturated heterocycles. The van der Waals surface area contributed by atoms with Gasteiger partial charge in [-0.1, -0.05) is 59.3 Å². The first kappa shape index (κ1) is 24.9. The van der Waals surface area contributed by atoms with Crippen molar-refractivity contribution in [2.45, 2.75) is 32.9 Å². The van der Waals surface area contributed by atoms with Crippen LogP contribution in [0.4, 0.5) is 5.69 Å². The lowest BCUT2D eigenvalue weighted by molar-refractivity contribution is -0.143. The van der Waals surface area contributed by atoms with Crippen LogP contribution in [0.1, 0.15) is 37.9 Å². The monoisotopic (exact) mass is 533 g/mol. The second-order valence-electron chi connectivity index (χ2n) is 9.00. The summed E-state index contributed by atoms with van der Waals surface area (Å²) in [6.45, 7) is 9.33. The Morgan fingerprint density at radius 2 is 1.89 bits per heavy atom. The highest BCUT2D eigenvalue weighted by Crippen LogP contribution is 2.35. The molecular weight excluding hydrogens is 510 g/mol. The number of fused-ring (bicyclic) bond motifs is 2. The number of amides is 1. The smallest absolute Gasteiger partial charge is 0.338 e. The fourth-order valence-electron chi connectivity index (χ4n) is 4.68. The SMILES string of the molecule is C=CCN1C(=O)/C(=c2/sc3n(c2=O)[C@H](c2ccc(Cl)cc2)C(C(=O)OC(C)C)=C(C)N=3)c2ccccc21. The second-order valence-corrected chi connectivity index (χ2v) is 10.4. The minimum atomic E-state index is -0.787. The molecule has 0 bridgehead atoms. The first-order chi connectivity index (χ1) is 17.7. The van der Waals surface area contributed by atoms with Gasteiger partial charge in [-0.3, -0.25) is 14.2 Å². The van der Waals surface area contributed by atoms with Crippen molar-refractivity contribution in [1.82, 2.24) is 4.57 Å². The highest BCUT2D eigenvalue weighted by molar-refractivity contribution is 7.07. The van der Waals surface area contributed by atoms with Gasteiger partial charge in [0.15, 0.2) is 4.80 Å². The number of carbonyl (C=O) groups is 2. The molecule has 0 unspecified atom stereocenters. The van der Waals surface area contributed by atoms with Gasteiger partial charge in [-0.2, -0.15) is 0 Å². The number of hydrogen-bond donors (Lipinski definition) is 0. The number of nitrogens with zero attached hydrogens (tertiary/aromatic N) is 3. The molecule has 188 valence electrons. The highest BCUT2D eigenvalue weighted by atomic mass is 35.5. The molecule has 9 heteroatoms. The van der Waals surface area contributed by atoms with Gasteiger partial charge in [-0.05, 0) is 44.5 Å². The number of thiazole rings is 1. The number of ether oxygens (including phenoxy) is 1. The number of hydrogen-bond acceptors (Lipinski definition) is 6. The highest BCUT2D eigenvalue weighted by Gasteiger charge is 2.37. The number of aromatic nitrogens is 1. The van der Waals surface area contributed by atoms with E-state index in [4.69, 9.17) is 16.3 Å². The van der Waals surface area contributed by atoms with Crippen molar-refractivity contribution in [3.05, 3.63) is 108 Å². The molecule has 2 aliphatic heterocycles. The molecular formula is C28H24ClN3O4S. The first-order valence-electron chi connectivity index (χ1n) is 11.8. The maximum Gasteiger partial charge on any atom is 0.338 e. The van der Waals surface area contributed by atoms with Crippen LogP contribution in [0.25, 0.3) is 5.57 Å². The number of para-hydroxylation sites is 1. The predicted octanol–water partition coefficient (Wildman–Crippen LogP) is 3.74. The molecule has 5 rings (SSSR count). The molecule has 0 saturated carbocycles. The molecule has 2 aliphatic rings. The Labute approximate surface area is 222 Å².